The van der Waals surface area contributed by atoms with E-state index in [0.717, 1.165) is 44.8 Å². The van der Waals surface area contributed by atoms with Gasteiger partial charge in [0.1, 0.15) is 5.82 Å². The molecule has 2 fully saturated rings. The number of imidazole rings is 1. The Hall–Kier alpha value is -2.14. The normalized spacial score (nSPS) is 25.9. The second-order valence-corrected chi connectivity index (χ2v) is 8.17. The van der Waals surface area contributed by atoms with E-state index in [9.17, 15) is 4.79 Å². The molecule has 4 rings (SSSR count). The second-order valence-electron chi connectivity index (χ2n) is 8.17. The van der Waals surface area contributed by atoms with Crippen LogP contribution < -0.4 is 0 Å². The van der Waals surface area contributed by atoms with Crippen LogP contribution in [0, 0.1) is 0 Å². The molecule has 3 atom stereocenters. The minimum absolute atomic E-state index is 0.221. The maximum Gasteiger partial charge on any atom is 0.219 e. The lowest BCUT2D eigenvalue weighted by atomic mass is 9.79. The lowest BCUT2D eigenvalue weighted by molar-refractivity contribution is -0.135. The Labute approximate surface area is 168 Å². The van der Waals surface area contributed by atoms with E-state index in [1.54, 1.807) is 6.92 Å². The molecule has 2 aliphatic rings. The fraction of sp³-hybridized carbons (Fsp3) is 0.565. The van der Waals surface area contributed by atoms with Crippen molar-refractivity contribution < 1.29 is 4.79 Å². The van der Waals surface area contributed by atoms with Crippen molar-refractivity contribution in [2.24, 2.45) is 0 Å². The summed E-state index contributed by atoms with van der Waals surface area (Å²) in [5.41, 5.74) is 1.41. The average molecular weight is 381 g/mol. The van der Waals surface area contributed by atoms with Gasteiger partial charge in [-0.2, -0.15) is 0 Å². The van der Waals surface area contributed by atoms with E-state index in [0.29, 0.717) is 18.0 Å². The molecule has 1 aromatic carbocycles. The minimum atomic E-state index is 0.221. The Balaban J connectivity index is 1.70. The van der Waals surface area contributed by atoms with Crippen LogP contribution in [0.3, 0.4) is 0 Å². The van der Waals surface area contributed by atoms with Crippen LogP contribution in [-0.2, 0) is 17.9 Å². The fourth-order valence-electron chi connectivity index (χ4n) is 5.31. The van der Waals surface area contributed by atoms with Gasteiger partial charge in [-0.05, 0) is 38.3 Å². The highest BCUT2D eigenvalue weighted by Gasteiger charge is 2.43. The van der Waals surface area contributed by atoms with Crippen LogP contribution in [-0.4, -0.2) is 50.4 Å². The van der Waals surface area contributed by atoms with Gasteiger partial charge in [-0.3, -0.25) is 9.69 Å². The molecule has 2 aliphatic heterocycles. The number of carbonyl (C=O) groups excluding carboxylic acids is 1. The van der Waals surface area contributed by atoms with Crippen LogP contribution in [0.4, 0.5) is 0 Å². The second kappa shape index (κ2) is 8.48. The zero-order valence-corrected chi connectivity index (χ0v) is 17.1. The van der Waals surface area contributed by atoms with Gasteiger partial charge in [0.05, 0.1) is 6.54 Å². The van der Waals surface area contributed by atoms with Crippen molar-refractivity contribution in [3.05, 3.63) is 54.1 Å². The Kier molecular flexibility index (Phi) is 5.81. The first kappa shape index (κ1) is 19.2. The van der Waals surface area contributed by atoms with Gasteiger partial charge < -0.3 is 9.47 Å². The molecule has 0 N–H and O–H groups in total. The van der Waals surface area contributed by atoms with Gasteiger partial charge in [-0.25, -0.2) is 4.98 Å². The standard InChI is InChI=1S/C23H32N4O/c1-3-25-16-13-24-22(25)17-26-14-8-7-11-21-23(26)20(12-15-27(21)18(2)28)19-9-5-4-6-10-19/h4-6,9-10,13,16,20-21,23H,3,7-8,11-12,14-15,17H2,1-2H3/t20-,21-,23-/m1/s1. The summed E-state index contributed by atoms with van der Waals surface area (Å²) in [6.07, 6.45) is 8.49. The predicted octanol–water partition coefficient (Wildman–Crippen LogP) is 3.66. The molecule has 3 heterocycles. The molecule has 0 unspecified atom stereocenters. The van der Waals surface area contributed by atoms with E-state index in [1.807, 2.05) is 6.20 Å². The highest BCUT2D eigenvalue weighted by Crippen LogP contribution is 2.39. The average Bonchev–Trinajstić information content (AvgIpc) is 3.06. The maximum absolute atomic E-state index is 12.4. The van der Waals surface area contributed by atoms with Crippen molar-refractivity contribution in [3.8, 4) is 0 Å². The van der Waals surface area contributed by atoms with E-state index < -0.39 is 0 Å². The van der Waals surface area contributed by atoms with E-state index in [-0.39, 0.29) is 5.91 Å². The molecule has 2 aromatic rings. The molecule has 5 heteroatoms. The molecular weight excluding hydrogens is 348 g/mol. The summed E-state index contributed by atoms with van der Waals surface area (Å²) < 4.78 is 2.24. The predicted molar refractivity (Wildman–Crippen MR) is 111 cm³/mol. The summed E-state index contributed by atoms with van der Waals surface area (Å²) in [5, 5.41) is 0. The van der Waals surface area contributed by atoms with Crippen molar-refractivity contribution in [1.82, 2.24) is 19.4 Å². The molecule has 0 saturated carbocycles. The lowest BCUT2D eigenvalue weighted by Crippen LogP contribution is -2.58. The summed E-state index contributed by atoms with van der Waals surface area (Å²) in [6, 6.07) is 11.6. The molecule has 28 heavy (non-hydrogen) atoms. The number of hydrogen-bond acceptors (Lipinski definition) is 3. The third kappa shape index (κ3) is 3.72. The maximum atomic E-state index is 12.4. The Morgan fingerprint density at radius 1 is 1.14 bits per heavy atom. The monoisotopic (exact) mass is 380 g/mol. The number of aryl methyl sites for hydroxylation is 1. The molecule has 1 aromatic heterocycles. The van der Waals surface area contributed by atoms with Crippen LogP contribution in [0.1, 0.15) is 56.8 Å². The van der Waals surface area contributed by atoms with Crippen molar-refractivity contribution in [2.75, 3.05) is 13.1 Å². The van der Waals surface area contributed by atoms with Crippen LogP contribution >= 0.6 is 0 Å². The summed E-state index contributed by atoms with van der Waals surface area (Å²) in [7, 11) is 0. The third-order valence-corrected chi connectivity index (χ3v) is 6.62. The van der Waals surface area contributed by atoms with Crippen LogP contribution in [0.25, 0.3) is 0 Å². The number of benzene rings is 1. The van der Waals surface area contributed by atoms with Gasteiger partial charge >= 0.3 is 0 Å². The van der Waals surface area contributed by atoms with Crippen molar-refractivity contribution in [1.29, 1.82) is 0 Å². The van der Waals surface area contributed by atoms with E-state index in [4.69, 9.17) is 0 Å². The number of rotatable bonds is 4. The summed E-state index contributed by atoms with van der Waals surface area (Å²) in [5.74, 6) is 1.82. The van der Waals surface area contributed by atoms with Gasteiger partial charge in [0.2, 0.25) is 5.91 Å². The number of likely N-dealkylation sites (tertiary alicyclic amines) is 2. The van der Waals surface area contributed by atoms with Gasteiger partial charge in [-0.15, -0.1) is 0 Å². The minimum Gasteiger partial charge on any atom is -0.338 e. The number of aromatic nitrogens is 2. The first-order valence-electron chi connectivity index (χ1n) is 10.7. The molecule has 0 spiro atoms. The Bertz CT molecular complexity index is 787. The smallest absolute Gasteiger partial charge is 0.219 e. The summed E-state index contributed by atoms with van der Waals surface area (Å²) >= 11 is 0. The Morgan fingerprint density at radius 2 is 1.96 bits per heavy atom. The van der Waals surface area contributed by atoms with E-state index in [1.165, 1.54) is 18.4 Å². The summed E-state index contributed by atoms with van der Waals surface area (Å²) in [6.45, 7) is 7.65. The molecule has 2 saturated heterocycles. The van der Waals surface area contributed by atoms with Gasteiger partial charge in [0.15, 0.2) is 0 Å². The molecule has 5 nitrogen and oxygen atoms in total. The quantitative estimate of drug-likeness (QED) is 0.813. The highest BCUT2D eigenvalue weighted by molar-refractivity contribution is 5.74. The molecule has 0 aliphatic carbocycles. The van der Waals surface area contributed by atoms with Crippen molar-refractivity contribution in [2.45, 2.75) is 70.6 Å². The first-order valence-corrected chi connectivity index (χ1v) is 10.7. The van der Waals surface area contributed by atoms with E-state index in [2.05, 4.69) is 62.8 Å². The van der Waals surface area contributed by atoms with Crippen LogP contribution in [0.15, 0.2) is 42.7 Å². The van der Waals surface area contributed by atoms with Gasteiger partial charge in [0.25, 0.3) is 0 Å². The number of piperidine rings is 1. The zero-order valence-electron chi connectivity index (χ0n) is 17.1. The first-order chi connectivity index (χ1) is 13.7. The molecule has 0 radical (unpaired) electrons. The number of carbonyl (C=O) groups is 1. The SMILES string of the molecule is CCn1ccnc1CN1CCCC[C@@H]2[C@H]1[C@@H](c1ccccc1)CCN2C(C)=O. The van der Waals surface area contributed by atoms with Gasteiger partial charge in [-0.1, -0.05) is 36.8 Å². The number of fused-ring (bicyclic) bond motifs is 1. The number of amides is 1. The highest BCUT2D eigenvalue weighted by atomic mass is 16.2. The molecule has 0 bridgehead atoms. The number of nitrogens with zero attached hydrogens (tertiary/aromatic N) is 4. The van der Waals surface area contributed by atoms with Crippen LogP contribution in [0.2, 0.25) is 0 Å². The van der Waals surface area contributed by atoms with Gasteiger partial charge in [0, 0.05) is 50.4 Å². The molecule has 150 valence electrons. The van der Waals surface area contributed by atoms with Crippen LogP contribution in [0.5, 0.6) is 0 Å². The lowest BCUT2D eigenvalue weighted by Gasteiger charge is -2.49. The topological polar surface area (TPSA) is 41.4 Å². The van der Waals surface area contributed by atoms with Crippen molar-refractivity contribution >= 4 is 5.91 Å². The summed E-state index contributed by atoms with van der Waals surface area (Å²) in [4.78, 5) is 21.8. The molecule has 1 amide bonds. The van der Waals surface area contributed by atoms with Crippen molar-refractivity contribution in [3.63, 3.8) is 0 Å². The van der Waals surface area contributed by atoms with E-state index >= 15 is 0 Å². The largest absolute Gasteiger partial charge is 0.338 e. The fourth-order valence-corrected chi connectivity index (χ4v) is 5.31. The zero-order chi connectivity index (χ0) is 19.5. The third-order valence-electron chi connectivity index (χ3n) is 6.62. The Morgan fingerprint density at radius 3 is 2.71 bits per heavy atom. The molecular formula is C23H32N4O. The number of hydrogen-bond donors (Lipinski definition) is 0.